The summed E-state index contributed by atoms with van der Waals surface area (Å²) < 4.78 is 21.7. The van der Waals surface area contributed by atoms with Gasteiger partial charge < -0.3 is 18.9 Å². The molecule has 0 aromatic heterocycles. The number of allylic oxidation sites excluding steroid dienone is 1. The number of rotatable bonds is 4. The molecule has 7 heteroatoms. The molecule has 0 fully saturated rings. The van der Waals surface area contributed by atoms with E-state index in [2.05, 4.69) is 10.5 Å². The van der Waals surface area contributed by atoms with Gasteiger partial charge in [0.2, 0.25) is 12.9 Å². The fraction of sp³-hybridized carbons (Fsp3) is 0.158. The van der Waals surface area contributed by atoms with E-state index in [1.807, 2.05) is 36.4 Å². The van der Waals surface area contributed by atoms with Gasteiger partial charge in [-0.2, -0.15) is 5.10 Å². The zero-order valence-electron chi connectivity index (χ0n) is 13.8. The predicted octanol–water partition coefficient (Wildman–Crippen LogP) is 2.37. The van der Waals surface area contributed by atoms with Gasteiger partial charge in [-0.3, -0.25) is 4.79 Å². The molecule has 1 N–H and O–H groups in total. The number of para-hydroxylation sites is 2. The molecule has 7 nitrogen and oxygen atoms in total. The summed E-state index contributed by atoms with van der Waals surface area (Å²) in [5.74, 6) is 2.26. The Hall–Kier alpha value is -3.48. The summed E-state index contributed by atoms with van der Waals surface area (Å²) in [5.41, 5.74) is 3.38. The van der Waals surface area contributed by atoms with Crippen molar-refractivity contribution < 1.29 is 23.7 Å². The molecule has 0 saturated carbocycles. The summed E-state index contributed by atoms with van der Waals surface area (Å²) in [4.78, 5) is 12.1. The first kappa shape index (κ1) is 16.0. The molecule has 2 aromatic carbocycles. The van der Waals surface area contributed by atoms with Crippen molar-refractivity contribution in [1.82, 2.24) is 5.43 Å². The second-order valence-corrected chi connectivity index (χ2v) is 5.59. The number of ether oxygens (including phenoxy) is 4. The number of amides is 1. The van der Waals surface area contributed by atoms with Crippen molar-refractivity contribution in [1.29, 1.82) is 0 Å². The normalized spacial score (nSPS) is 17.6. The topological polar surface area (TPSA) is 78.4 Å². The average Bonchev–Trinajstić information content (AvgIpc) is 3.15. The quantitative estimate of drug-likeness (QED) is 0.675. The first-order valence-corrected chi connectivity index (χ1v) is 8.07. The number of hydrogen-bond acceptors (Lipinski definition) is 6. The zero-order valence-corrected chi connectivity index (χ0v) is 13.8. The maximum atomic E-state index is 12.1. The maximum Gasteiger partial charge on any atom is 0.284 e. The van der Waals surface area contributed by atoms with Crippen molar-refractivity contribution >= 4 is 18.2 Å². The van der Waals surface area contributed by atoms with Gasteiger partial charge >= 0.3 is 0 Å². The molecule has 0 radical (unpaired) electrons. The van der Waals surface area contributed by atoms with Crippen LogP contribution in [0.1, 0.15) is 5.56 Å². The Morgan fingerprint density at radius 3 is 2.77 bits per heavy atom. The summed E-state index contributed by atoms with van der Waals surface area (Å²) in [6, 6.07) is 12.8. The van der Waals surface area contributed by atoms with Crippen molar-refractivity contribution in [3.8, 4) is 23.0 Å². The number of carbonyl (C=O) groups is 1. The molecule has 4 rings (SSSR count). The van der Waals surface area contributed by atoms with Crippen LogP contribution in [-0.4, -0.2) is 31.6 Å². The summed E-state index contributed by atoms with van der Waals surface area (Å²) >= 11 is 0. The van der Waals surface area contributed by atoms with Gasteiger partial charge in [-0.15, -0.1) is 0 Å². The van der Waals surface area contributed by atoms with Crippen LogP contribution in [0, 0.1) is 0 Å². The third-order valence-corrected chi connectivity index (χ3v) is 3.82. The summed E-state index contributed by atoms with van der Waals surface area (Å²) in [5, 5.41) is 3.89. The number of nitrogens with one attached hydrogen (secondary N) is 1. The van der Waals surface area contributed by atoms with Gasteiger partial charge in [0.1, 0.15) is 6.61 Å². The molecule has 0 spiro atoms. The first-order chi connectivity index (χ1) is 12.8. The molecule has 0 aliphatic carbocycles. The molecule has 132 valence electrons. The van der Waals surface area contributed by atoms with Crippen LogP contribution in [0.2, 0.25) is 0 Å². The Labute approximate surface area is 149 Å². The smallest absolute Gasteiger partial charge is 0.284 e. The zero-order chi connectivity index (χ0) is 17.8. The van der Waals surface area contributed by atoms with E-state index in [0.717, 1.165) is 11.3 Å². The van der Waals surface area contributed by atoms with Crippen LogP contribution in [-0.2, 0) is 4.79 Å². The van der Waals surface area contributed by atoms with Crippen molar-refractivity contribution in [2.24, 2.45) is 5.10 Å². The second kappa shape index (κ2) is 7.18. The molecular formula is C19H16N2O5. The predicted molar refractivity (Wildman–Crippen MR) is 94.6 cm³/mol. The molecule has 2 heterocycles. The lowest BCUT2D eigenvalue weighted by Crippen LogP contribution is -2.42. The lowest BCUT2D eigenvalue weighted by atomic mass is 10.2. The van der Waals surface area contributed by atoms with E-state index in [4.69, 9.17) is 18.9 Å². The third-order valence-electron chi connectivity index (χ3n) is 3.82. The van der Waals surface area contributed by atoms with Crippen molar-refractivity contribution in [3.63, 3.8) is 0 Å². The van der Waals surface area contributed by atoms with Crippen LogP contribution in [0.4, 0.5) is 0 Å². The number of fused-ring (bicyclic) bond motifs is 2. The minimum atomic E-state index is -0.736. The Bertz CT molecular complexity index is 878. The maximum absolute atomic E-state index is 12.1. The van der Waals surface area contributed by atoms with E-state index < -0.39 is 6.10 Å². The van der Waals surface area contributed by atoms with E-state index in [1.54, 1.807) is 18.2 Å². The molecule has 0 saturated heterocycles. The molecular weight excluding hydrogens is 336 g/mol. The number of nitrogens with zero attached hydrogens (tertiary/aromatic N) is 1. The summed E-state index contributed by atoms with van der Waals surface area (Å²) in [6.07, 6.45) is 4.30. The highest BCUT2D eigenvalue weighted by molar-refractivity contribution is 5.84. The number of carbonyl (C=O) groups excluding carboxylic acids is 1. The lowest BCUT2D eigenvalue weighted by Gasteiger charge is -2.24. The van der Waals surface area contributed by atoms with E-state index in [1.165, 1.54) is 6.21 Å². The van der Waals surface area contributed by atoms with Crippen LogP contribution in [0.25, 0.3) is 6.08 Å². The molecule has 2 aliphatic heterocycles. The molecule has 2 aromatic rings. The van der Waals surface area contributed by atoms with E-state index >= 15 is 0 Å². The Kier molecular flexibility index (Phi) is 4.42. The van der Waals surface area contributed by atoms with Gasteiger partial charge in [0.05, 0.1) is 0 Å². The number of hydrogen-bond donors (Lipinski definition) is 1. The largest absolute Gasteiger partial charge is 0.485 e. The van der Waals surface area contributed by atoms with Crippen LogP contribution >= 0.6 is 0 Å². The summed E-state index contributed by atoms with van der Waals surface area (Å²) in [6.45, 7) is 0.388. The van der Waals surface area contributed by atoms with Gasteiger partial charge in [-0.1, -0.05) is 24.3 Å². The second-order valence-electron chi connectivity index (χ2n) is 5.59. The Morgan fingerprint density at radius 1 is 1.04 bits per heavy atom. The van der Waals surface area contributed by atoms with Crippen LogP contribution in [0.3, 0.4) is 0 Å². The minimum absolute atomic E-state index is 0.144. The van der Waals surface area contributed by atoms with Crippen LogP contribution in [0.15, 0.2) is 53.6 Å². The van der Waals surface area contributed by atoms with Gasteiger partial charge in [0, 0.05) is 6.21 Å². The fourth-order valence-corrected chi connectivity index (χ4v) is 2.54. The van der Waals surface area contributed by atoms with Crippen LogP contribution < -0.4 is 24.4 Å². The average molecular weight is 352 g/mol. The molecule has 1 atom stereocenters. The molecule has 2 aliphatic rings. The Balaban J connectivity index is 1.29. The van der Waals surface area contributed by atoms with Gasteiger partial charge in [0.25, 0.3) is 5.91 Å². The standard InChI is InChI=1S/C19H16N2O5/c22-19(18-11-23-14-5-1-2-6-16(14)26-18)21-20-9-3-4-13-7-8-15-17(10-13)25-12-24-15/h1-10,18H,11-12H2,(H,21,22)/b4-3+,20-9-/t18-/m1/s1. The third kappa shape index (κ3) is 3.46. The molecule has 0 unspecified atom stereocenters. The minimum Gasteiger partial charge on any atom is -0.485 e. The highest BCUT2D eigenvalue weighted by Gasteiger charge is 2.26. The lowest BCUT2D eigenvalue weighted by molar-refractivity contribution is -0.130. The number of benzene rings is 2. The highest BCUT2D eigenvalue weighted by Crippen LogP contribution is 2.33. The Morgan fingerprint density at radius 2 is 1.85 bits per heavy atom. The molecule has 26 heavy (non-hydrogen) atoms. The highest BCUT2D eigenvalue weighted by atomic mass is 16.7. The fourth-order valence-electron chi connectivity index (χ4n) is 2.54. The van der Waals surface area contributed by atoms with Gasteiger partial charge in [-0.25, -0.2) is 5.43 Å². The van der Waals surface area contributed by atoms with E-state index in [-0.39, 0.29) is 19.3 Å². The monoisotopic (exact) mass is 352 g/mol. The number of hydrazone groups is 1. The van der Waals surface area contributed by atoms with Crippen molar-refractivity contribution in [2.45, 2.75) is 6.10 Å². The van der Waals surface area contributed by atoms with Crippen molar-refractivity contribution in [3.05, 3.63) is 54.1 Å². The first-order valence-electron chi connectivity index (χ1n) is 8.07. The van der Waals surface area contributed by atoms with E-state index in [9.17, 15) is 4.79 Å². The van der Waals surface area contributed by atoms with E-state index in [0.29, 0.717) is 17.2 Å². The van der Waals surface area contributed by atoms with Gasteiger partial charge in [-0.05, 0) is 35.9 Å². The van der Waals surface area contributed by atoms with Crippen molar-refractivity contribution in [2.75, 3.05) is 13.4 Å². The van der Waals surface area contributed by atoms with Crippen LogP contribution in [0.5, 0.6) is 23.0 Å². The summed E-state index contributed by atoms with van der Waals surface area (Å²) in [7, 11) is 0. The molecule has 0 bridgehead atoms. The van der Waals surface area contributed by atoms with Gasteiger partial charge in [0.15, 0.2) is 23.0 Å². The molecule has 1 amide bonds. The SMILES string of the molecule is O=C(N/N=C\C=C\c1ccc2c(c1)OCO2)[C@H]1COc2ccccc2O1.